The van der Waals surface area contributed by atoms with Crippen LogP contribution in [-0.4, -0.2) is 33.2 Å². The highest BCUT2D eigenvalue weighted by Crippen LogP contribution is 2.31. The fourth-order valence-electron chi connectivity index (χ4n) is 2.01. The molecule has 1 heterocycles. The maximum atomic E-state index is 12.3. The Morgan fingerprint density at radius 1 is 1.14 bits per heavy atom. The number of nitrogens with zero attached hydrogens (tertiary/aromatic N) is 3. The number of hydrogen-bond acceptors (Lipinski definition) is 3. The molecular formula is C16H29N3O2. The van der Waals surface area contributed by atoms with E-state index in [1.807, 2.05) is 40.8 Å². The van der Waals surface area contributed by atoms with Crippen LogP contribution >= 0.6 is 0 Å². The Hall–Kier alpha value is -1.52. The van der Waals surface area contributed by atoms with Crippen molar-refractivity contribution in [2.45, 2.75) is 72.1 Å². The summed E-state index contributed by atoms with van der Waals surface area (Å²) in [5.74, 6) is 0. The van der Waals surface area contributed by atoms with Crippen molar-refractivity contribution >= 4 is 6.09 Å². The molecule has 0 aliphatic rings. The molecule has 0 fully saturated rings. The van der Waals surface area contributed by atoms with E-state index < -0.39 is 11.1 Å². The van der Waals surface area contributed by atoms with E-state index in [1.165, 1.54) is 0 Å². The van der Waals surface area contributed by atoms with Crippen LogP contribution in [0.5, 0.6) is 0 Å². The van der Waals surface area contributed by atoms with Crippen molar-refractivity contribution in [2.24, 2.45) is 0 Å². The summed E-state index contributed by atoms with van der Waals surface area (Å²) in [5.41, 5.74) is -0.154. The van der Waals surface area contributed by atoms with E-state index in [4.69, 9.17) is 4.74 Å². The van der Waals surface area contributed by atoms with E-state index in [-0.39, 0.29) is 11.6 Å². The molecule has 0 aromatic carbocycles. The first kappa shape index (κ1) is 17.5. The van der Waals surface area contributed by atoms with Crippen molar-refractivity contribution in [3.8, 4) is 0 Å². The predicted octanol–water partition coefficient (Wildman–Crippen LogP) is 3.74. The number of imidazole rings is 1. The van der Waals surface area contributed by atoms with Crippen LogP contribution in [0.4, 0.5) is 4.79 Å². The number of hydrogen-bond donors (Lipinski definition) is 0. The standard InChI is InChI=1S/C16H29N3O2/c1-14(2,3)19-11-17-10-12(19)16(7,8)18(9)13(20)21-15(4,5)6/h10-11H,1-9H3. The molecule has 5 heteroatoms. The van der Waals surface area contributed by atoms with Crippen LogP contribution in [-0.2, 0) is 15.8 Å². The van der Waals surface area contributed by atoms with Crippen molar-refractivity contribution in [1.82, 2.24) is 14.5 Å². The molecule has 120 valence electrons. The quantitative estimate of drug-likeness (QED) is 0.835. The van der Waals surface area contributed by atoms with Gasteiger partial charge in [0.15, 0.2) is 0 Å². The summed E-state index contributed by atoms with van der Waals surface area (Å²) in [6, 6.07) is 0. The summed E-state index contributed by atoms with van der Waals surface area (Å²) in [4.78, 5) is 18.2. The lowest BCUT2D eigenvalue weighted by molar-refractivity contribution is 0.00856. The Labute approximate surface area is 128 Å². The van der Waals surface area contributed by atoms with Crippen molar-refractivity contribution in [1.29, 1.82) is 0 Å². The maximum Gasteiger partial charge on any atom is 0.410 e. The van der Waals surface area contributed by atoms with Crippen molar-refractivity contribution < 1.29 is 9.53 Å². The Balaban J connectivity index is 3.11. The van der Waals surface area contributed by atoms with Crippen LogP contribution < -0.4 is 0 Å². The highest BCUT2D eigenvalue weighted by Gasteiger charge is 2.36. The van der Waals surface area contributed by atoms with Crippen LogP contribution in [0.3, 0.4) is 0 Å². The average molecular weight is 295 g/mol. The van der Waals surface area contributed by atoms with Crippen LogP contribution in [0.2, 0.25) is 0 Å². The van der Waals surface area contributed by atoms with Crippen molar-refractivity contribution in [3.05, 3.63) is 18.2 Å². The van der Waals surface area contributed by atoms with Crippen LogP contribution in [0, 0.1) is 0 Å². The summed E-state index contributed by atoms with van der Waals surface area (Å²) in [6.07, 6.45) is 3.28. The molecule has 1 rings (SSSR count). The fraction of sp³-hybridized carbons (Fsp3) is 0.750. The molecule has 0 N–H and O–H groups in total. The predicted molar refractivity (Wildman–Crippen MR) is 84.2 cm³/mol. The third-order valence-electron chi connectivity index (χ3n) is 3.49. The minimum absolute atomic E-state index is 0.0993. The first-order valence-corrected chi connectivity index (χ1v) is 7.27. The summed E-state index contributed by atoms with van der Waals surface area (Å²) in [7, 11) is 1.76. The van der Waals surface area contributed by atoms with Gasteiger partial charge >= 0.3 is 6.09 Å². The van der Waals surface area contributed by atoms with Gasteiger partial charge in [-0.25, -0.2) is 9.78 Å². The first-order chi connectivity index (χ1) is 9.27. The lowest BCUT2D eigenvalue weighted by atomic mass is 9.97. The van der Waals surface area contributed by atoms with Crippen molar-refractivity contribution in [2.75, 3.05) is 7.05 Å². The summed E-state index contributed by atoms with van der Waals surface area (Å²) in [5, 5.41) is 0. The number of ether oxygens (including phenoxy) is 1. The van der Waals surface area contributed by atoms with Gasteiger partial charge in [0.1, 0.15) is 5.60 Å². The molecule has 0 unspecified atom stereocenters. The molecule has 5 nitrogen and oxygen atoms in total. The monoisotopic (exact) mass is 295 g/mol. The number of rotatable bonds is 2. The SMILES string of the molecule is CN(C(=O)OC(C)(C)C)C(C)(C)c1cncn1C(C)(C)C. The number of carbonyl (C=O) groups excluding carboxylic acids is 1. The van der Waals surface area contributed by atoms with E-state index in [2.05, 4.69) is 30.3 Å². The van der Waals surface area contributed by atoms with Crippen LogP contribution in [0.15, 0.2) is 12.5 Å². The Morgan fingerprint density at radius 2 is 1.67 bits per heavy atom. The van der Waals surface area contributed by atoms with Gasteiger partial charge in [0, 0.05) is 12.6 Å². The van der Waals surface area contributed by atoms with Gasteiger partial charge in [-0.3, -0.25) is 0 Å². The van der Waals surface area contributed by atoms with Gasteiger partial charge in [-0.2, -0.15) is 0 Å². The lowest BCUT2D eigenvalue weighted by Gasteiger charge is -2.39. The highest BCUT2D eigenvalue weighted by atomic mass is 16.6. The second kappa shape index (κ2) is 5.35. The zero-order chi connectivity index (χ0) is 16.6. The normalized spacial score (nSPS) is 13.2. The van der Waals surface area contributed by atoms with E-state index in [0.29, 0.717) is 0 Å². The maximum absolute atomic E-state index is 12.3. The molecule has 0 aliphatic carbocycles. The van der Waals surface area contributed by atoms with Crippen LogP contribution in [0.1, 0.15) is 61.1 Å². The van der Waals surface area contributed by atoms with Gasteiger partial charge in [-0.1, -0.05) is 0 Å². The lowest BCUT2D eigenvalue weighted by Crippen LogP contribution is -2.47. The molecule has 0 saturated carbocycles. The third kappa shape index (κ3) is 3.99. The Morgan fingerprint density at radius 3 is 2.10 bits per heavy atom. The molecule has 0 bridgehead atoms. The van der Waals surface area contributed by atoms with E-state index in [9.17, 15) is 4.79 Å². The number of amides is 1. The van der Waals surface area contributed by atoms with Gasteiger partial charge in [0.05, 0.1) is 23.8 Å². The fourth-order valence-corrected chi connectivity index (χ4v) is 2.01. The van der Waals surface area contributed by atoms with E-state index in [1.54, 1.807) is 18.3 Å². The molecule has 0 saturated heterocycles. The molecule has 1 aromatic rings. The van der Waals surface area contributed by atoms with Gasteiger partial charge in [0.2, 0.25) is 0 Å². The minimum Gasteiger partial charge on any atom is -0.444 e. The molecule has 0 atom stereocenters. The Kier molecular flexibility index (Phi) is 4.47. The first-order valence-electron chi connectivity index (χ1n) is 7.27. The third-order valence-corrected chi connectivity index (χ3v) is 3.49. The molecule has 0 aliphatic heterocycles. The van der Waals surface area contributed by atoms with Crippen LogP contribution in [0.25, 0.3) is 0 Å². The minimum atomic E-state index is -0.522. The second-order valence-electron chi connectivity index (χ2n) is 7.92. The zero-order valence-corrected chi connectivity index (χ0v) is 14.8. The average Bonchev–Trinajstić information content (AvgIpc) is 2.74. The number of aromatic nitrogens is 2. The number of carbonyl (C=O) groups is 1. The summed E-state index contributed by atoms with van der Waals surface area (Å²) < 4.78 is 7.56. The molecule has 1 aromatic heterocycles. The zero-order valence-electron chi connectivity index (χ0n) is 14.8. The molecular weight excluding hydrogens is 266 g/mol. The molecule has 21 heavy (non-hydrogen) atoms. The molecule has 1 amide bonds. The van der Waals surface area contributed by atoms with Crippen molar-refractivity contribution in [3.63, 3.8) is 0 Å². The molecule has 0 spiro atoms. The second-order valence-corrected chi connectivity index (χ2v) is 7.92. The smallest absolute Gasteiger partial charge is 0.410 e. The molecule has 0 radical (unpaired) electrons. The van der Waals surface area contributed by atoms with Gasteiger partial charge in [0.25, 0.3) is 0 Å². The van der Waals surface area contributed by atoms with E-state index >= 15 is 0 Å². The van der Waals surface area contributed by atoms with E-state index in [0.717, 1.165) is 5.69 Å². The van der Waals surface area contributed by atoms with Gasteiger partial charge < -0.3 is 14.2 Å². The topological polar surface area (TPSA) is 47.4 Å². The summed E-state index contributed by atoms with van der Waals surface area (Å²) in [6.45, 7) is 15.9. The largest absolute Gasteiger partial charge is 0.444 e. The van der Waals surface area contributed by atoms with Gasteiger partial charge in [-0.15, -0.1) is 0 Å². The summed E-state index contributed by atoms with van der Waals surface area (Å²) >= 11 is 0. The van der Waals surface area contributed by atoms with Gasteiger partial charge in [-0.05, 0) is 55.4 Å². The highest BCUT2D eigenvalue weighted by molar-refractivity contribution is 5.69. The Bertz CT molecular complexity index is 504.